The fourth-order valence-electron chi connectivity index (χ4n) is 4.19. The molecular weight excluding hydrogens is 604 g/mol. The zero-order valence-corrected chi connectivity index (χ0v) is 26.2. The van der Waals surface area contributed by atoms with Crippen LogP contribution < -0.4 is 20.7 Å². The van der Waals surface area contributed by atoms with Crippen LogP contribution in [-0.2, 0) is 9.59 Å². The lowest BCUT2D eigenvalue weighted by Gasteiger charge is -2.14. The van der Waals surface area contributed by atoms with E-state index in [9.17, 15) is 24.5 Å². The summed E-state index contributed by atoms with van der Waals surface area (Å²) in [6.45, 7) is 4.52. The minimum absolute atomic E-state index is 0.147. The van der Waals surface area contributed by atoms with E-state index in [0.29, 0.717) is 23.5 Å². The fraction of sp³-hybridized carbons (Fsp3) is 0.171. The Morgan fingerprint density at radius 3 is 2.33 bits per heavy atom. The third-order valence-corrected chi connectivity index (χ3v) is 7.72. The number of ether oxygens (including phenoxy) is 1. The number of carbonyl (C=O) groups is 3. The van der Waals surface area contributed by atoms with Gasteiger partial charge in [0.25, 0.3) is 17.5 Å². The van der Waals surface area contributed by atoms with Crippen LogP contribution >= 0.6 is 11.8 Å². The van der Waals surface area contributed by atoms with Crippen LogP contribution in [0, 0.1) is 10.1 Å². The van der Waals surface area contributed by atoms with Gasteiger partial charge in [-0.3, -0.25) is 24.5 Å². The summed E-state index contributed by atoms with van der Waals surface area (Å²) in [6.07, 6.45) is 3.29. The molecule has 1 atom stereocenters. The van der Waals surface area contributed by atoms with E-state index in [1.165, 1.54) is 36.0 Å². The first-order valence-corrected chi connectivity index (χ1v) is 15.5. The van der Waals surface area contributed by atoms with Gasteiger partial charge in [0.2, 0.25) is 5.91 Å². The van der Waals surface area contributed by atoms with Gasteiger partial charge in [-0.05, 0) is 80.1 Å². The average molecular weight is 639 g/mol. The first kappa shape index (κ1) is 33.5. The highest BCUT2D eigenvalue weighted by Gasteiger charge is 2.19. The molecule has 0 fully saturated rings. The van der Waals surface area contributed by atoms with Gasteiger partial charge in [-0.15, -0.1) is 11.8 Å². The molecule has 236 valence electrons. The molecule has 0 saturated carbocycles. The quantitative estimate of drug-likeness (QED) is 0.0433. The van der Waals surface area contributed by atoms with E-state index >= 15 is 0 Å². The normalized spacial score (nSPS) is 11.7. The van der Waals surface area contributed by atoms with Gasteiger partial charge >= 0.3 is 0 Å². The fourth-order valence-corrected chi connectivity index (χ4v) is 5.12. The van der Waals surface area contributed by atoms with Crippen molar-refractivity contribution < 1.29 is 24.0 Å². The van der Waals surface area contributed by atoms with E-state index < -0.39 is 22.0 Å². The molecule has 0 saturated heterocycles. The molecule has 3 amide bonds. The third-order valence-electron chi connectivity index (χ3n) is 6.62. The Morgan fingerprint density at radius 1 is 0.891 bits per heavy atom. The van der Waals surface area contributed by atoms with Crippen LogP contribution in [0.2, 0.25) is 0 Å². The molecule has 3 N–H and O–H groups in total. The second kappa shape index (κ2) is 16.6. The second-order valence-electron chi connectivity index (χ2n) is 10.2. The lowest BCUT2D eigenvalue weighted by atomic mass is 10.1. The Labute approximate surface area is 271 Å². The monoisotopic (exact) mass is 638 g/mol. The zero-order chi connectivity index (χ0) is 32.9. The summed E-state index contributed by atoms with van der Waals surface area (Å²) in [7, 11) is 0. The minimum atomic E-state index is -0.683. The predicted octanol–water partition coefficient (Wildman–Crippen LogP) is 7.30. The van der Waals surface area contributed by atoms with Crippen molar-refractivity contribution in [3.63, 3.8) is 0 Å². The topological polar surface area (TPSA) is 140 Å². The number of amides is 3. The summed E-state index contributed by atoms with van der Waals surface area (Å²) in [5.41, 5.74) is 1.11. The predicted molar refractivity (Wildman–Crippen MR) is 181 cm³/mol. The summed E-state index contributed by atoms with van der Waals surface area (Å²) < 4.78 is 5.67. The molecule has 10 nitrogen and oxygen atoms in total. The summed E-state index contributed by atoms with van der Waals surface area (Å²) in [5, 5.41) is 19.4. The third kappa shape index (κ3) is 9.80. The lowest BCUT2D eigenvalue weighted by Crippen LogP contribution is -2.30. The van der Waals surface area contributed by atoms with E-state index in [1.54, 1.807) is 73.7 Å². The van der Waals surface area contributed by atoms with Gasteiger partial charge in [0, 0.05) is 27.9 Å². The van der Waals surface area contributed by atoms with Crippen molar-refractivity contribution in [1.82, 2.24) is 5.32 Å². The lowest BCUT2D eigenvalue weighted by molar-refractivity contribution is -0.385. The molecule has 4 aromatic carbocycles. The number of rotatable bonds is 14. The molecule has 46 heavy (non-hydrogen) atoms. The van der Waals surface area contributed by atoms with Crippen molar-refractivity contribution in [3.05, 3.63) is 130 Å². The molecule has 4 aromatic rings. The van der Waals surface area contributed by atoms with Crippen LogP contribution in [0.3, 0.4) is 0 Å². The van der Waals surface area contributed by atoms with Crippen molar-refractivity contribution >= 4 is 52.6 Å². The number of nitrogens with one attached hydrogen (secondary N) is 3. The van der Waals surface area contributed by atoms with E-state index in [1.807, 2.05) is 18.2 Å². The number of nitro groups is 1. The Bertz CT molecular complexity index is 1710. The van der Waals surface area contributed by atoms with Crippen molar-refractivity contribution in [2.24, 2.45) is 0 Å². The number of benzene rings is 4. The summed E-state index contributed by atoms with van der Waals surface area (Å²) >= 11 is 1.31. The molecule has 0 aliphatic carbocycles. The number of anilines is 2. The number of unbranched alkanes of at least 4 members (excludes halogenated alkanes) is 1. The van der Waals surface area contributed by atoms with Crippen LogP contribution in [0.1, 0.15) is 42.6 Å². The molecule has 0 aliphatic rings. The van der Waals surface area contributed by atoms with E-state index in [4.69, 9.17) is 4.74 Å². The van der Waals surface area contributed by atoms with Gasteiger partial charge in [-0.1, -0.05) is 49.7 Å². The van der Waals surface area contributed by atoms with Gasteiger partial charge in [-0.25, -0.2) is 0 Å². The van der Waals surface area contributed by atoms with Crippen molar-refractivity contribution in [2.45, 2.75) is 36.8 Å². The zero-order valence-electron chi connectivity index (χ0n) is 25.4. The van der Waals surface area contributed by atoms with Crippen LogP contribution in [0.25, 0.3) is 6.08 Å². The maximum atomic E-state index is 13.5. The highest BCUT2D eigenvalue weighted by molar-refractivity contribution is 8.00. The number of thioether (sulfide) groups is 1. The number of hydrogen-bond donors (Lipinski definition) is 3. The summed E-state index contributed by atoms with van der Waals surface area (Å²) in [4.78, 5) is 51.1. The largest absolute Gasteiger partial charge is 0.494 e. The molecular formula is C35H34N4O6S. The molecule has 0 bridgehead atoms. The number of hydrogen-bond acceptors (Lipinski definition) is 7. The van der Waals surface area contributed by atoms with Crippen LogP contribution in [0.4, 0.5) is 17.1 Å². The smallest absolute Gasteiger partial charge is 0.276 e. The molecule has 0 aliphatic heterocycles. The van der Waals surface area contributed by atoms with Gasteiger partial charge < -0.3 is 20.7 Å². The maximum Gasteiger partial charge on any atom is 0.276 e. The Balaban J connectivity index is 1.45. The Hall–Kier alpha value is -5.42. The standard InChI is InChI=1S/C35H34N4O6S/c1-3-4-21-45-29-19-17-27(18-20-29)36-33(40)24(2)46-30-15-10-14-28(23-30)37-35(42)31(38-34(41)25-11-6-5-7-12-25)22-26-13-8-9-16-32(26)39(43)44/h5-20,22-24H,3-4,21H2,1-2H3,(H,36,40)(H,37,42)(H,38,41)/b31-22+. The van der Waals surface area contributed by atoms with E-state index in [0.717, 1.165) is 23.5 Å². The molecule has 1 unspecified atom stereocenters. The van der Waals surface area contributed by atoms with Crippen molar-refractivity contribution in [3.8, 4) is 5.75 Å². The van der Waals surface area contributed by atoms with E-state index in [2.05, 4.69) is 22.9 Å². The molecule has 11 heteroatoms. The van der Waals surface area contributed by atoms with Crippen LogP contribution in [-0.4, -0.2) is 34.5 Å². The Morgan fingerprint density at radius 2 is 1.61 bits per heavy atom. The van der Waals surface area contributed by atoms with E-state index in [-0.39, 0.29) is 22.9 Å². The first-order chi connectivity index (χ1) is 22.2. The number of nitro benzene ring substituents is 1. The highest BCUT2D eigenvalue weighted by atomic mass is 32.2. The molecule has 0 heterocycles. The summed E-state index contributed by atoms with van der Waals surface area (Å²) in [6, 6.07) is 28.3. The first-order valence-electron chi connectivity index (χ1n) is 14.7. The Kier molecular flexibility index (Phi) is 12.1. The minimum Gasteiger partial charge on any atom is -0.494 e. The van der Waals surface area contributed by atoms with Crippen LogP contribution in [0.15, 0.2) is 114 Å². The summed E-state index contributed by atoms with van der Waals surface area (Å²) in [5.74, 6) is -0.689. The van der Waals surface area contributed by atoms with Gasteiger partial charge in [0.15, 0.2) is 0 Å². The molecule has 0 spiro atoms. The SMILES string of the molecule is CCCCOc1ccc(NC(=O)C(C)Sc2cccc(NC(=O)/C(=C\c3ccccc3[N+](=O)[O-])NC(=O)c3ccccc3)c2)cc1. The van der Waals surface area contributed by atoms with Gasteiger partial charge in [0.05, 0.1) is 22.3 Å². The maximum absolute atomic E-state index is 13.5. The molecule has 4 rings (SSSR count). The number of carbonyl (C=O) groups excluding carboxylic acids is 3. The average Bonchev–Trinajstić information content (AvgIpc) is 3.06. The van der Waals surface area contributed by atoms with Gasteiger partial charge in [0.1, 0.15) is 11.4 Å². The molecule has 0 aromatic heterocycles. The number of nitrogens with zero attached hydrogens (tertiary/aromatic N) is 1. The second-order valence-corrected chi connectivity index (χ2v) is 11.6. The molecule has 0 radical (unpaired) electrons. The van der Waals surface area contributed by atoms with Crippen molar-refractivity contribution in [1.29, 1.82) is 0 Å². The van der Waals surface area contributed by atoms with Crippen LogP contribution in [0.5, 0.6) is 5.75 Å². The number of para-hydroxylation sites is 1. The van der Waals surface area contributed by atoms with Gasteiger partial charge in [-0.2, -0.15) is 0 Å². The highest BCUT2D eigenvalue weighted by Crippen LogP contribution is 2.28. The van der Waals surface area contributed by atoms with Crippen molar-refractivity contribution in [2.75, 3.05) is 17.2 Å².